The second-order valence-corrected chi connectivity index (χ2v) is 6.42. The fraction of sp³-hybridized carbons (Fsp3) is 0. The third-order valence-electron chi connectivity index (χ3n) is 2.45. The molecule has 0 aliphatic rings. The van der Waals surface area contributed by atoms with Crippen LogP contribution < -0.4 is 4.74 Å². The summed E-state index contributed by atoms with van der Waals surface area (Å²) in [5.74, 6) is -2.44. The van der Waals surface area contributed by atoms with E-state index in [4.69, 9.17) is 20.7 Å². The van der Waals surface area contributed by atoms with Crippen molar-refractivity contribution in [1.29, 1.82) is 5.26 Å². The molecule has 8 heteroatoms. The van der Waals surface area contributed by atoms with Crippen LogP contribution in [0.5, 0.6) is 11.5 Å². The van der Waals surface area contributed by atoms with Crippen molar-refractivity contribution in [2.24, 2.45) is 0 Å². The van der Waals surface area contributed by atoms with Crippen molar-refractivity contribution < 1.29 is 21.9 Å². The summed E-state index contributed by atoms with van der Waals surface area (Å²) in [6.45, 7) is 0. The van der Waals surface area contributed by atoms with Gasteiger partial charge < -0.3 is 4.74 Å². The van der Waals surface area contributed by atoms with Crippen molar-refractivity contribution >= 4 is 19.7 Å². The molecule has 0 bridgehead atoms. The Kier molecular flexibility index (Phi) is 4.11. The Balaban J connectivity index is 2.55. The lowest BCUT2D eigenvalue weighted by Crippen LogP contribution is -1.98. The highest BCUT2D eigenvalue weighted by Gasteiger charge is 2.19. The molecular formula is C13H6ClF2NO3S. The first-order valence-corrected chi connectivity index (χ1v) is 7.74. The largest absolute Gasteiger partial charge is 0.453 e. The monoisotopic (exact) mass is 329 g/mol. The zero-order chi connectivity index (χ0) is 15.6. The minimum atomic E-state index is -4.23. The third kappa shape index (κ3) is 3.48. The number of hydrogen-bond acceptors (Lipinski definition) is 4. The third-order valence-corrected chi connectivity index (χ3v) is 3.79. The zero-order valence-electron chi connectivity index (χ0n) is 10.2. The van der Waals surface area contributed by atoms with Crippen LogP contribution in [0.1, 0.15) is 5.56 Å². The Bertz CT molecular complexity index is 847. The van der Waals surface area contributed by atoms with Crippen LogP contribution in [0.3, 0.4) is 0 Å². The van der Waals surface area contributed by atoms with E-state index in [9.17, 15) is 17.2 Å². The summed E-state index contributed by atoms with van der Waals surface area (Å²) < 4.78 is 54.6. The molecule has 0 aliphatic heterocycles. The van der Waals surface area contributed by atoms with Gasteiger partial charge in [-0.3, -0.25) is 0 Å². The van der Waals surface area contributed by atoms with Crippen LogP contribution in [0.15, 0.2) is 41.3 Å². The molecule has 0 spiro atoms. The summed E-state index contributed by atoms with van der Waals surface area (Å²) in [6.07, 6.45) is 0. The van der Waals surface area contributed by atoms with Gasteiger partial charge in [0.25, 0.3) is 9.05 Å². The first-order chi connectivity index (χ1) is 9.81. The number of rotatable bonds is 3. The van der Waals surface area contributed by atoms with Gasteiger partial charge in [0.1, 0.15) is 16.5 Å². The Morgan fingerprint density at radius 1 is 1.10 bits per heavy atom. The number of hydrogen-bond donors (Lipinski definition) is 0. The van der Waals surface area contributed by atoms with Gasteiger partial charge >= 0.3 is 0 Å². The summed E-state index contributed by atoms with van der Waals surface area (Å²) in [5.41, 5.74) is 0.0290. The Hall–Kier alpha value is -2.17. The quantitative estimate of drug-likeness (QED) is 0.807. The molecule has 4 nitrogen and oxygen atoms in total. The van der Waals surface area contributed by atoms with Gasteiger partial charge in [0, 0.05) is 16.7 Å². The van der Waals surface area contributed by atoms with E-state index >= 15 is 0 Å². The van der Waals surface area contributed by atoms with Gasteiger partial charge in [-0.15, -0.1) is 0 Å². The molecule has 0 heterocycles. The summed E-state index contributed by atoms with van der Waals surface area (Å²) in [6, 6.07) is 7.61. The number of nitrogens with zero attached hydrogens (tertiary/aromatic N) is 1. The van der Waals surface area contributed by atoms with Crippen LogP contribution >= 0.6 is 10.7 Å². The van der Waals surface area contributed by atoms with E-state index in [2.05, 4.69) is 0 Å². The molecule has 0 saturated carbocycles. The minimum Gasteiger partial charge on any atom is -0.453 e. The molecule has 0 atom stereocenters. The maximum absolute atomic E-state index is 13.5. The molecule has 0 saturated heterocycles. The highest BCUT2D eigenvalue weighted by Crippen LogP contribution is 2.33. The van der Waals surface area contributed by atoms with E-state index in [1.165, 1.54) is 6.07 Å². The van der Waals surface area contributed by atoms with E-state index in [0.29, 0.717) is 0 Å². The molecule has 0 aromatic heterocycles. The fourth-order valence-corrected chi connectivity index (χ4v) is 2.51. The smallest absolute Gasteiger partial charge is 0.265 e. The van der Waals surface area contributed by atoms with Gasteiger partial charge in [-0.2, -0.15) is 5.26 Å². The van der Waals surface area contributed by atoms with E-state index in [0.717, 1.165) is 30.3 Å². The molecule has 0 fully saturated rings. The molecule has 2 aromatic carbocycles. The number of ether oxygens (including phenoxy) is 1. The van der Waals surface area contributed by atoms with Crippen LogP contribution in [0, 0.1) is 23.0 Å². The van der Waals surface area contributed by atoms with Crippen LogP contribution in [0.25, 0.3) is 0 Å². The first kappa shape index (κ1) is 15.2. The maximum atomic E-state index is 13.5. The molecule has 2 rings (SSSR count). The molecule has 0 amide bonds. The normalized spacial score (nSPS) is 11.0. The molecule has 0 radical (unpaired) electrons. The number of benzene rings is 2. The molecule has 108 valence electrons. The second-order valence-electron chi connectivity index (χ2n) is 3.89. The van der Waals surface area contributed by atoms with E-state index in [1.54, 1.807) is 6.07 Å². The highest BCUT2D eigenvalue weighted by molar-refractivity contribution is 8.13. The van der Waals surface area contributed by atoms with E-state index < -0.39 is 31.3 Å². The van der Waals surface area contributed by atoms with Crippen molar-refractivity contribution in [3.63, 3.8) is 0 Å². The fourth-order valence-electron chi connectivity index (χ4n) is 1.53. The van der Waals surface area contributed by atoms with Crippen LogP contribution in [0.2, 0.25) is 0 Å². The van der Waals surface area contributed by atoms with Crippen LogP contribution in [0.4, 0.5) is 8.78 Å². The molecule has 0 aliphatic carbocycles. The predicted molar refractivity (Wildman–Crippen MR) is 70.6 cm³/mol. The minimum absolute atomic E-state index is 0.0290. The second kappa shape index (κ2) is 5.68. The van der Waals surface area contributed by atoms with Crippen molar-refractivity contribution in [1.82, 2.24) is 0 Å². The maximum Gasteiger partial charge on any atom is 0.265 e. The van der Waals surface area contributed by atoms with Crippen LogP contribution in [-0.2, 0) is 9.05 Å². The predicted octanol–water partition coefficient (Wildman–Crippen LogP) is 3.56. The van der Waals surface area contributed by atoms with E-state index in [-0.39, 0.29) is 11.3 Å². The molecule has 0 unspecified atom stereocenters. The van der Waals surface area contributed by atoms with E-state index in [1.807, 2.05) is 0 Å². The Morgan fingerprint density at radius 3 is 2.43 bits per heavy atom. The SMILES string of the molecule is N#Cc1ccc(Oc2cc(F)ccc2F)c(S(=O)(=O)Cl)c1. The average Bonchev–Trinajstić information content (AvgIpc) is 2.42. The van der Waals surface area contributed by atoms with Gasteiger partial charge in [-0.25, -0.2) is 17.2 Å². The molecule has 0 N–H and O–H groups in total. The zero-order valence-corrected chi connectivity index (χ0v) is 11.8. The van der Waals surface area contributed by atoms with Crippen LogP contribution in [-0.4, -0.2) is 8.42 Å². The lowest BCUT2D eigenvalue weighted by Gasteiger charge is -2.10. The number of halogens is 3. The number of nitriles is 1. The molecule has 2 aromatic rings. The van der Waals surface area contributed by atoms with Gasteiger partial charge in [-0.05, 0) is 30.3 Å². The summed E-state index contributed by atoms with van der Waals surface area (Å²) >= 11 is 0. The lowest BCUT2D eigenvalue weighted by molar-refractivity contribution is 0.427. The average molecular weight is 330 g/mol. The summed E-state index contributed by atoms with van der Waals surface area (Å²) in [4.78, 5) is -0.508. The molecule has 21 heavy (non-hydrogen) atoms. The van der Waals surface area contributed by atoms with Gasteiger partial charge in [0.2, 0.25) is 0 Å². The topological polar surface area (TPSA) is 67.2 Å². The Labute approximate surface area is 123 Å². The van der Waals surface area contributed by atoms with Crippen molar-refractivity contribution in [3.8, 4) is 17.6 Å². The van der Waals surface area contributed by atoms with Crippen molar-refractivity contribution in [3.05, 3.63) is 53.6 Å². The van der Waals surface area contributed by atoms with Gasteiger partial charge in [0.05, 0.1) is 11.6 Å². The summed E-state index contributed by atoms with van der Waals surface area (Å²) in [5, 5.41) is 8.75. The van der Waals surface area contributed by atoms with Crippen molar-refractivity contribution in [2.45, 2.75) is 4.90 Å². The molecular weight excluding hydrogens is 324 g/mol. The van der Waals surface area contributed by atoms with Crippen molar-refractivity contribution in [2.75, 3.05) is 0 Å². The first-order valence-electron chi connectivity index (χ1n) is 5.43. The Morgan fingerprint density at radius 2 is 1.81 bits per heavy atom. The lowest BCUT2D eigenvalue weighted by atomic mass is 10.2. The van der Waals surface area contributed by atoms with Gasteiger partial charge in [-0.1, -0.05) is 0 Å². The standard InChI is InChI=1S/C13H6ClF2NO3S/c14-21(18,19)13-5-8(7-17)1-4-11(13)20-12-6-9(15)2-3-10(12)16/h1-6H. The van der Waals surface area contributed by atoms with Gasteiger partial charge in [0.15, 0.2) is 11.6 Å². The summed E-state index contributed by atoms with van der Waals surface area (Å²) in [7, 11) is 1.02. The highest BCUT2D eigenvalue weighted by atomic mass is 35.7.